The van der Waals surface area contributed by atoms with Crippen LogP contribution in [0.25, 0.3) is 33.4 Å². The number of pyridine rings is 1. The van der Waals surface area contributed by atoms with Gasteiger partial charge in [0.25, 0.3) is 0 Å². The van der Waals surface area contributed by atoms with Crippen LogP contribution in [0.5, 0.6) is 5.75 Å². The van der Waals surface area contributed by atoms with Crippen LogP contribution >= 0.6 is 0 Å². The fourth-order valence-electron chi connectivity index (χ4n) is 7.96. The molecule has 46 heavy (non-hydrogen) atoms. The summed E-state index contributed by atoms with van der Waals surface area (Å²) in [6, 6.07) is 4.87. The first kappa shape index (κ1) is 30.3. The first-order chi connectivity index (χ1) is 21.9. The van der Waals surface area contributed by atoms with Gasteiger partial charge >= 0.3 is 0 Å². The van der Waals surface area contributed by atoms with E-state index >= 15 is 8.78 Å². The third-order valence-electron chi connectivity index (χ3n) is 10.3. The fraction of sp³-hybridized carbons (Fsp3) is 0.471. The van der Waals surface area contributed by atoms with Crippen molar-refractivity contribution in [1.82, 2.24) is 24.6 Å². The van der Waals surface area contributed by atoms with Gasteiger partial charge in [-0.2, -0.15) is 10.4 Å². The molecule has 4 aromatic rings. The molecule has 2 aliphatic heterocycles. The number of carbonyl (C=O) groups is 1. The Balaban J connectivity index is 1.43. The lowest BCUT2D eigenvalue weighted by molar-refractivity contribution is -0.126. The van der Waals surface area contributed by atoms with E-state index in [9.17, 15) is 15.2 Å². The number of hydrogen-bond donors (Lipinski definition) is 2. The molecule has 1 aromatic carbocycles. The number of piperidine rings is 1. The zero-order valence-corrected chi connectivity index (χ0v) is 26.5. The Labute approximate surface area is 265 Å². The van der Waals surface area contributed by atoms with E-state index in [4.69, 9.17) is 9.72 Å². The number of carbonyl (C=O) groups excluding carboxylic acids is 1. The van der Waals surface area contributed by atoms with Crippen LogP contribution in [0.3, 0.4) is 0 Å². The lowest BCUT2D eigenvalue weighted by atomic mass is 9.68. The molecule has 240 valence electrons. The van der Waals surface area contributed by atoms with Crippen LogP contribution in [-0.2, 0) is 16.8 Å². The third-order valence-corrected chi connectivity index (χ3v) is 10.3. The maximum Gasteiger partial charge on any atom is 0.237 e. The number of rotatable bonds is 7. The molecule has 0 unspecified atom stereocenters. The number of aliphatic hydroxyl groups is 1. The van der Waals surface area contributed by atoms with Crippen molar-refractivity contribution in [2.75, 3.05) is 32.1 Å². The van der Waals surface area contributed by atoms with Crippen molar-refractivity contribution < 1.29 is 23.4 Å². The van der Waals surface area contributed by atoms with Crippen molar-refractivity contribution in [2.45, 2.75) is 75.5 Å². The zero-order chi connectivity index (χ0) is 32.6. The summed E-state index contributed by atoms with van der Waals surface area (Å²) in [5.41, 5.74) is 1.87. The van der Waals surface area contributed by atoms with Crippen LogP contribution < -0.4 is 9.64 Å². The number of H-pyrrole nitrogens is 1. The molecule has 0 atom stereocenters. The van der Waals surface area contributed by atoms with Crippen LogP contribution in [0.15, 0.2) is 30.7 Å². The maximum atomic E-state index is 15.3. The summed E-state index contributed by atoms with van der Waals surface area (Å²) in [5.74, 6) is -2.21. The van der Waals surface area contributed by atoms with E-state index in [1.54, 1.807) is 49.1 Å². The van der Waals surface area contributed by atoms with Gasteiger partial charge in [0.05, 0.1) is 60.9 Å². The van der Waals surface area contributed by atoms with Crippen molar-refractivity contribution in [1.29, 1.82) is 5.26 Å². The Kier molecular flexibility index (Phi) is 6.99. The Morgan fingerprint density at radius 2 is 1.83 bits per heavy atom. The lowest BCUT2D eigenvalue weighted by Crippen LogP contribution is -2.59. The number of hydrogen-bond acceptors (Lipinski definition) is 7. The number of aromatic nitrogens is 4. The number of benzene rings is 1. The minimum atomic E-state index is -1.02. The smallest absolute Gasteiger partial charge is 0.237 e. The standard InChI is InChI=1S/C34H37F2N7O3/c1-32(2,45)19-43-18-21(16-39-43)28-25(20-14-22(35)29(46-4)23(36)15-20)26-27-24(17-38-30(26)40-28)41(3)31(44)34(27)9-12-42(13-10-34)33(8-11-37)6-5-7-33/h14-18,45H,5-10,12-13,19H2,1-4H3,(H,38,40). The molecule has 10 nitrogen and oxygen atoms in total. The number of nitrogens with one attached hydrogen (secondary N) is 1. The SMILES string of the molecule is COc1c(F)cc(-c2c(-c3cnn(CC(C)(C)O)c3)[nH]c3ncc4c(c23)C2(CCN(C3(CC#N)CCC3)CC2)C(=O)N4C)cc1F. The number of ether oxygens (including phenoxy) is 1. The summed E-state index contributed by atoms with van der Waals surface area (Å²) in [6.45, 7) is 4.92. The van der Waals surface area contributed by atoms with Gasteiger partial charge in [-0.25, -0.2) is 13.8 Å². The number of halogens is 2. The molecule has 5 heterocycles. The second-order valence-electron chi connectivity index (χ2n) is 13.7. The highest BCUT2D eigenvalue weighted by atomic mass is 19.1. The number of nitriles is 1. The Hall–Kier alpha value is -4.34. The van der Waals surface area contributed by atoms with Crippen LogP contribution in [0.2, 0.25) is 0 Å². The molecule has 1 saturated heterocycles. The van der Waals surface area contributed by atoms with E-state index in [2.05, 4.69) is 21.1 Å². The average molecular weight is 630 g/mol. The van der Waals surface area contributed by atoms with Crippen molar-refractivity contribution in [3.8, 4) is 34.2 Å². The first-order valence-electron chi connectivity index (χ1n) is 15.7. The van der Waals surface area contributed by atoms with Crippen molar-refractivity contribution in [3.05, 3.63) is 47.9 Å². The van der Waals surface area contributed by atoms with E-state index in [1.165, 1.54) is 19.2 Å². The van der Waals surface area contributed by atoms with Gasteiger partial charge < -0.3 is 19.7 Å². The summed E-state index contributed by atoms with van der Waals surface area (Å²) >= 11 is 0. The van der Waals surface area contributed by atoms with Gasteiger partial charge in [0.2, 0.25) is 5.91 Å². The monoisotopic (exact) mass is 629 g/mol. The van der Waals surface area contributed by atoms with Crippen LogP contribution in [-0.4, -0.2) is 74.0 Å². The fourth-order valence-corrected chi connectivity index (χ4v) is 7.96. The number of likely N-dealkylation sites (tertiary alicyclic amines) is 1. The highest BCUT2D eigenvalue weighted by Gasteiger charge is 2.55. The molecule has 3 aliphatic rings. The van der Waals surface area contributed by atoms with Crippen LogP contribution in [0.1, 0.15) is 57.9 Å². The zero-order valence-electron chi connectivity index (χ0n) is 26.5. The molecule has 0 radical (unpaired) electrons. The molecule has 2 fully saturated rings. The van der Waals surface area contributed by atoms with Gasteiger partial charge in [0, 0.05) is 53.9 Å². The second kappa shape index (κ2) is 10.6. The Morgan fingerprint density at radius 3 is 2.41 bits per heavy atom. The second-order valence-corrected chi connectivity index (χ2v) is 13.7. The number of likely N-dealkylation sites (N-methyl/N-ethyl adjacent to an activating group) is 1. The lowest BCUT2D eigenvalue weighted by Gasteiger charge is -2.53. The normalized spacial score (nSPS) is 19.0. The van der Waals surface area contributed by atoms with Crippen molar-refractivity contribution in [3.63, 3.8) is 0 Å². The van der Waals surface area contributed by atoms with E-state index in [0.717, 1.165) is 24.8 Å². The number of aromatic amines is 1. The molecular formula is C34H37F2N7O3. The predicted molar refractivity (Wildman–Crippen MR) is 168 cm³/mol. The average Bonchev–Trinajstić information content (AvgIpc) is 3.65. The van der Waals surface area contributed by atoms with Gasteiger partial charge in [0.15, 0.2) is 17.4 Å². The number of fused-ring (bicyclic) bond motifs is 4. The molecule has 12 heteroatoms. The highest BCUT2D eigenvalue weighted by Crippen LogP contribution is 2.55. The summed E-state index contributed by atoms with van der Waals surface area (Å²) in [6.07, 6.45) is 9.71. The van der Waals surface area contributed by atoms with Gasteiger partial charge in [-0.3, -0.25) is 14.4 Å². The van der Waals surface area contributed by atoms with Gasteiger partial charge in [0.1, 0.15) is 5.65 Å². The molecule has 1 amide bonds. The summed E-state index contributed by atoms with van der Waals surface area (Å²) in [4.78, 5) is 26.4. The Bertz CT molecular complexity index is 1880. The number of nitrogens with zero attached hydrogens (tertiary/aromatic N) is 6. The van der Waals surface area contributed by atoms with Crippen LogP contribution in [0, 0.1) is 23.0 Å². The molecular weight excluding hydrogens is 592 g/mol. The molecule has 0 bridgehead atoms. The minimum Gasteiger partial charge on any atom is -0.491 e. The summed E-state index contributed by atoms with van der Waals surface area (Å²) in [7, 11) is 2.97. The predicted octanol–water partition coefficient (Wildman–Crippen LogP) is 5.30. The first-order valence-corrected chi connectivity index (χ1v) is 15.7. The van der Waals surface area contributed by atoms with E-state index in [0.29, 0.717) is 65.9 Å². The van der Waals surface area contributed by atoms with Crippen LogP contribution in [0.4, 0.5) is 14.5 Å². The van der Waals surface area contributed by atoms with E-state index in [1.807, 2.05) is 0 Å². The van der Waals surface area contributed by atoms with Crippen molar-refractivity contribution in [2.24, 2.45) is 0 Å². The summed E-state index contributed by atoms with van der Waals surface area (Å²) in [5, 5.41) is 25.0. The molecule has 1 saturated carbocycles. The molecule has 1 aliphatic carbocycles. The van der Waals surface area contributed by atoms with Crippen molar-refractivity contribution >= 4 is 22.6 Å². The number of anilines is 1. The highest BCUT2D eigenvalue weighted by molar-refractivity contribution is 6.16. The topological polar surface area (TPSA) is 123 Å². The Morgan fingerprint density at radius 1 is 1.13 bits per heavy atom. The van der Waals surface area contributed by atoms with E-state index in [-0.39, 0.29) is 23.6 Å². The molecule has 1 spiro atoms. The van der Waals surface area contributed by atoms with Gasteiger partial charge in [-0.05, 0) is 63.6 Å². The number of methoxy groups -OCH3 is 1. The molecule has 7 rings (SSSR count). The maximum absolute atomic E-state index is 15.3. The van der Waals surface area contributed by atoms with Gasteiger partial charge in [-0.15, -0.1) is 0 Å². The molecule has 3 aromatic heterocycles. The summed E-state index contributed by atoms with van der Waals surface area (Å²) < 4.78 is 37.2. The minimum absolute atomic E-state index is 0.0295. The largest absolute Gasteiger partial charge is 0.491 e. The van der Waals surface area contributed by atoms with Gasteiger partial charge in [-0.1, -0.05) is 0 Å². The molecule has 2 N–H and O–H groups in total. The quantitative estimate of drug-likeness (QED) is 0.285. The third kappa shape index (κ3) is 4.51. The number of amides is 1. The van der Waals surface area contributed by atoms with E-state index < -0.39 is 28.4 Å².